The molecule has 18 N–H and O–H groups in total. The molecule has 3 heterocycles. The minimum atomic E-state index is -1.62. The maximum atomic E-state index is 11.1. The Morgan fingerprint density at radius 2 is 1.00 bits per heavy atom. The lowest BCUT2D eigenvalue weighted by Gasteiger charge is -2.47. The zero-order chi connectivity index (χ0) is 31.0. The summed E-state index contributed by atoms with van der Waals surface area (Å²) in [5.74, 6) is 0. The number of aliphatic hydroxyl groups is 8. The third-order valence-electron chi connectivity index (χ3n) is 8.32. The van der Waals surface area contributed by atoms with Crippen molar-refractivity contribution in [2.45, 2.75) is 123 Å². The Hall–Kier alpha value is -0.760. The summed E-state index contributed by atoms with van der Waals surface area (Å²) in [6.07, 6.45) is -20.5. The van der Waals surface area contributed by atoms with Gasteiger partial charge in [0.1, 0.15) is 67.1 Å². The number of nitrogens with two attached hydrogens (primary N) is 5. The van der Waals surface area contributed by atoms with Crippen LogP contribution in [-0.2, 0) is 28.4 Å². The Morgan fingerprint density at radius 3 is 1.55 bits per heavy atom. The standard InChI is InChI=1S/C23H45N5O14/c24-2-7-13(32)15(34)10(27)21(37-7)41-19-9(4-30)39-23(17(19)36)42-20-12(31)5(25)1-6(26)18(20)40-22-11(28)16(35)14(33)8(3-29)38-22/h5-23,29-36H,1-4,24-28H2/t5-,6-,7+,8-,9-,10-,11-,12-,13-,14-,15+,16+,17-,18-,19-,20+,21-,22-,23-/m1/s1. The Kier molecular flexibility index (Phi) is 11.5. The molecular weight excluding hydrogens is 570 g/mol. The Morgan fingerprint density at radius 1 is 0.524 bits per heavy atom. The predicted octanol–water partition coefficient (Wildman–Crippen LogP) is -8.86. The fraction of sp³-hybridized carbons (Fsp3) is 1.00. The molecule has 4 aliphatic rings. The zero-order valence-electron chi connectivity index (χ0n) is 22.7. The van der Waals surface area contributed by atoms with E-state index in [1.165, 1.54) is 0 Å². The summed E-state index contributed by atoms with van der Waals surface area (Å²) < 4.78 is 34.4. The largest absolute Gasteiger partial charge is 0.394 e. The molecule has 4 fully saturated rings. The molecule has 4 rings (SSSR count). The van der Waals surface area contributed by atoms with Gasteiger partial charge in [0.2, 0.25) is 0 Å². The van der Waals surface area contributed by atoms with E-state index in [9.17, 15) is 40.9 Å². The van der Waals surface area contributed by atoms with Gasteiger partial charge in [-0.15, -0.1) is 0 Å². The van der Waals surface area contributed by atoms with Gasteiger partial charge >= 0.3 is 0 Å². The first kappa shape index (κ1) is 34.1. The van der Waals surface area contributed by atoms with Crippen molar-refractivity contribution in [1.82, 2.24) is 0 Å². The van der Waals surface area contributed by atoms with Crippen molar-refractivity contribution < 1.29 is 69.3 Å². The average molecular weight is 616 g/mol. The highest BCUT2D eigenvalue weighted by Crippen LogP contribution is 2.34. The van der Waals surface area contributed by atoms with Crippen LogP contribution in [0.5, 0.6) is 0 Å². The molecule has 19 nitrogen and oxygen atoms in total. The Bertz CT molecular complexity index is 866. The molecule has 0 bridgehead atoms. The van der Waals surface area contributed by atoms with Gasteiger partial charge < -0.3 is 97.9 Å². The molecular formula is C23H45N5O14. The predicted molar refractivity (Wildman–Crippen MR) is 136 cm³/mol. The van der Waals surface area contributed by atoms with Gasteiger partial charge in [-0.05, 0) is 6.42 Å². The van der Waals surface area contributed by atoms with E-state index in [1.807, 2.05) is 0 Å². The second kappa shape index (κ2) is 14.1. The van der Waals surface area contributed by atoms with Crippen molar-refractivity contribution in [3.05, 3.63) is 0 Å². The SMILES string of the molecule is NC[C@@H]1O[C@H](O[C@H]2[C@@H](O)[C@@H](O[C@H]3[C@H](O)[C@H](N)C[C@@H](N)[C@H]3O[C@H]3O[C@H](CO)[C@@H](O)[C@@H](O)[C@H]3N)O[C@@H]2CO)[C@H](N)[C@H](O)[C@@H]1O. The minimum Gasteiger partial charge on any atom is -0.394 e. The van der Waals surface area contributed by atoms with Crippen LogP contribution in [0.3, 0.4) is 0 Å². The number of hydrogen-bond acceptors (Lipinski definition) is 19. The molecule has 246 valence electrons. The van der Waals surface area contributed by atoms with Crippen molar-refractivity contribution in [2.24, 2.45) is 28.7 Å². The molecule has 0 aromatic carbocycles. The first-order valence-corrected chi connectivity index (χ1v) is 13.8. The van der Waals surface area contributed by atoms with E-state index in [0.29, 0.717) is 0 Å². The zero-order valence-corrected chi connectivity index (χ0v) is 22.7. The highest BCUT2D eigenvalue weighted by atomic mass is 16.8. The third kappa shape index (κ3) is 6.60. The summed E-state index contributed by atoms with van der Waals surface area (Å²) in [5.41, 5.74) is 29.9. The van der Waals surface area contributed by atoms with E-state index >= 15 is 0 Å². The molecule has 0 amide bonds. The second-order valence-electron chi connectivity index (χ2n) is 11.2. The van der Waals surface area contributed by atoms with Gasteiger partial charge in [-0.25, -0.2) is 0 Å². The van der Waals surface area contributed by atoms with E-state index in [2.05, 4.69) is 0 Å². The Labute approximate surface area is 240 Å². The summed E-state index contributed by atoms with van der Waals surface area (Å²) in [5, 5.41) is 82.3. The van der Waals surface area contributed by atoms with Crippen molar-refractivity contribution in [1.29, 1.82) is 0 Å². The molecule has 1 aliphatic carbocycles. The topological polar surface area (TPSA) is 347 Å². The fourth-order valence-electron chi connectivity index (χ4n) is 5.70. The van der Waals surface area contributed by atoms with Crippen LogP contribution in [0.4, 0.5) is 0 Å². The Balaban J connectivity index is 1.50. The van der Waals surface area contributed by atoms with E-state index in [-0.39, 0.29) is 13.0 Å². The van der Waals surface area contributed by atoms with Crippen LogP contribution in [0, 0.1) is 0 Å². The normalized spacial score (nSPS) is 53.8. The summed E-state index contributed by atoms with van der Waals surface area (Å²) >= 11 is 0. The molecule has 0 unspecified atom stereocenters. The van der Waals surface area contributed by atoms with Crippen LogP contribution in [-0.4, -0.2) is 177 Å². The van der Waals surface area contributed by atoms with Gasteiger partial charge in [-0.1, -0.05) is 0 Å². The molecule has 0 aromatic rings. The van der Waals surface area contributed by atoms with Crippen molar-refractivity contribution in [3.63, 3.8) is 0 Å². The van der Waals surface area contributed by atoms with Crippen LogP contribution in [0.1, 0.15) is 6.42 Å². The molecule has 0 radical (unpaired) electrons. The molecule has 19 atom stereocenters. The number of hydrogen-bond donors (Lipinski definition) is 13. The molecule has 19 heteroatoms. The van der Waals surface area contributed by atoms with Crippen LogP contribution < -0.4 is 28.7 Å². The van der Waals surface area contributed by atoms with Crippen LogP contribution >= 0.6 is 0 Å². The summed E-state index contributed by atoms with van der Waals surface area (Å²) in [4.78, 5) is 0. The van der Waals surface area contributed by atoms with E-state index in [1.54, 1.807) is 0 Å². The fourth-order valence-corrected chi connectivity index (χ4v) is 5.70. The maximum Gasteiger partial charge on any atom is 0.187 e. The van der Waals surface area contributed by atoms with Gasteiger partial charge in [0.15, 0.2) is 18.9 Å². The van der Waals surface area contributed by atoms with Gasteiger partial charge in [-0.3, -0.25) is 0 Å². The van der Waals surface area contributed by atoms with Gasteiger partial charge in [0.25, 0.3) is 0 Å². The number of aliphatic hydroxyl groups excluding tert-OH is 8. The third-order valence-corrected chi connectivity index (χ3v) is 8.32. The van der Waals surface area contributed by atoms with Gasteiger partial charge in [0, 0.05) is 18.6 Å². The maximum absolute atomic E-state index is 11.1. The first-order valence-electron chi connectivity index (χ1n) is 13.8. The number of rotatable bonds is 9. The van der Waals surface area contributed by atoms with E-state index in [4.69, 9.17) is 57.1 Å². The van der Waals surface area contributed by atoms with Crippen molar-refractivity contribution in [3.8, 4) is 0 Å². The monoisotopic (exact) mass is 615 g/mol. The van der Waals surface area contributed by atoms with E-state index in [0.717, 1.165) is 0 Å². The van der Waals surface area contributed by atoms with Crippen molar-refractivity contribution >= 4 is 0 Å². The molecule has 3 saturated heterocycles. The first-order chi connectivity index (χ1) is 19.8. The summed E-state index contributed by atoms with van der Waals surface area (Å²) in [7, 11) is 0. The average Bonchev–Trinajstić information content (AvgIpc) is 3.27. The summed E-state index contributed by atoms with van der Waals surface area (Å²) in [6, 6.07) is -4.30. The molecule has 0 spiro atoms. The van der Waals surface area contributed by atoms with Gasteiger partial charge in [-0.2, -0.15) is 0 Å². The highest BCUT2D eigenvalue weighted by molar-refractivity contribution is 5.02. The summed E-state index contributed by atoms with van der Waals surface area (Å²) in [6.45, 7) is -1.49. The number of ether oxygens (including phenoxy) is 6. The van der Waals surface area contributed by atoms with Crippen LogP contribution in [0.25, 0.3) is 0 Å². The van der Waals surface area contributed by atoms with E-state index < -0.39 is 129 Å². The molecule has 3 aliphatic heterocycles. The van der Waals surface area contributed by atoms with Crippen LogP contribution in [0.15, 0.2) is 0 Å². The lowest BCUT2D eigenvalue weighted by atomic mass is 9.84. The molecule has 42 heavy (non-hydrogen) atoms. The van der Waals surface area contributed by atoms with Gasteiger partial charge in [0.05, 0.1) is 31.4 Å². The van der Waals surface area contributed by atoms with Crippen molar-refractivity contribution in [2.75, 3.05) is 19.8 Å². The molecule has 1 saturated carbocycles. The van der Waals surface area contributed by atoms with Crippen LogP contribution in [0.2, 0.25) is 0 Å². The second-order valence-corrected chi connectivity index (χ2v) is 11.2. The lowest BCUT2D eigenvalue weighted by Crippen LogP contribution is -2.68. The lowest BCUT2D eigenvalue weighted by molar-refractivity contribution is -0.310. The minimum absolute atomic E-state index is 0.0642. The smallest absolute Gasteiger partial charge is 0.187 e. The quantitative estimate of drug-likeness (QED) is 0.114. The molecule has 0 aromatic heterocycles. The highest BCUT2D eigenvalue weighted by Gasteiger charge is 2.54.